The van der Waals surface area contributed by atoms with Crippen LogP contribution in [0.25, 0.3) is 0 Å². The summed E-state index contributed by atoms with van der Waals surface area (Å²) in [5.74, 6) is 0.843. The summed E-state index contributed by atoms with van der Waals surface area (Å²) in [5.41, 5.74) is 1.99. The number of pyridine rings is 1. The van der Waals surface area contributed by atoms with Crippen LogP contribution in [0.15, 0.2) is 79.0 Å². The number of rotatable bonds is 8. The molecule has 0 radical (unpaired) electrons. The summed E-state index contributed by atoms with van der Waals surface area (Å²) in [6.07, 6.45) is 5.64. The lowest BCUT2D eigenvalue weighted by atomic mass is 9.79. The monoisotopic (exact) mass is 444 g/mol. The lowest BCUT2D eigenvalue weighted by Crippen LogP contribution is -2.43. The van der Waals surface area contributed by atoms with Crippen LogP contribution in [0.3, 0.4) is 0 Å². The fourth-order valence-electron chi connectivity index (χ4n) is 4.48. The third kappa shape index (κ3) is 5.99. The van der Waals surface area contributed by atoms with Crippen molar-refractivity contribution >= 4 is 5.91 Å². The maximum Gasteiger partial charge on any atom is 0.222 e. The first kappa shape index (κ1) is 23.0. The maximum absolute atomic E-state index is 12.7. The lowest BCUT2D eigenvalue weighted by Gasteiger charge is -2.39. The highest BCUT2D eigenvalue weighted by molar-refractivity contribution is 5.76. The first-order valence-corrected chi connectivity index (χ1v) is 11.7. The second kappa shape index (κ2) is 10.6. The Bertz CT molecular complexity index is 1010. The largest absolute Gasteiger partial charge is 0.487 e. The third-order valence-electron chi connectivity index (χ3n) is 6.66. The second-order valence-corrected chi connectivity index (χ2v) is 8.91. The number of nitrogens with zero attached hydrogens (tertiary/aromatic N) is 2. The van der Waals surface area contributed by atoms with Crippen molar-refractivity contribution in [3.8, 4) is 5.75 Å². The molecule has 3 aromatic rings. The molecule has 4 rings (SSSR count). The Kier molecular flexibility index (Phi) is 7.40. The number of amides is 1. The molecular weight excluding hydrogens is 412 g/mol. The number of carbonyl (C=O) groups is 1. The van der Waals surface area contributed by atoms with E-state index >= 15 is 0 Å². The van der Waals surface area contributed by atoms with E-state index in [0.29, 0.717) is 37.3 Å². The summed E-state index contributed by atoms with van der Waals surface area (Å²) < 4.78 is 5.81. The minimum absolute atomic E-state index is 0.155. The van der Waals surface area contributed by atoms with Gasteiger partial charge in [-0.3, -0.25) is 9.78 Å². The van der Waals surface area contributed by atoms with Crippen molar-refractivity contribution in [2.24, 2.45) is 0 Å². The molecule has 1 amide bonds. The quantitative estimate of drug-likeness (QED) is 0.538. The number of aromatic nitrogens is 1. The minimum Gasteiger partial charge on any atom is -0.487 e. The number of hydrogen-bond acceptors (Lipinski definition) is 4. The molecule has 0 bridgehead atoms. The van der Waals surface area contributed by atoms with Crippen molar-refractivity contribution in [2.45, 2.75) is 56.8 Å². The Morgan fingerprint density at radius 3 is 2.24 bits per heavy atom. The van der Waals surface area contributed by atoms with Crippen LogP contribution in [0.1, 0.15) is 48.9 Å². The van der Waals surface area contributed by atoms with Gasteiger partial charge < -0.3 is 14.7 Å². The maximum atomic E-state index is 12.7. The Hall–Kier alpha value is -3.18. The molecule has 1 saturated carbocycles. The smallest absolute Gasteiger partial charge is 0.222 e. The van der Waals surface area contributed by atoms with Crippen molar-refractivity contribution in [1.29, 1.82) is 0 Å². The van der Waals surface area contributed by atoms with Gasteiger partial charge in [0.15, 0.2) is 0 Å². The van der Waals surface area contributed by atoms with Gasteiger partial charge in [-0.25, -0.2) is 0 Å². The van der Waals surface area contributed by atoms with Gasteiger partial charge in [-0.1, -0.05) is 60.7 Å². The molecule has 1 N–H and O–H groups in total. The van der Waals surface area contributed by atoms with Gasteiger partial charge in [0, 0.05) is 19.5 Å². The normalized spacial score (nSPS) is 20.2. The fourth-order valence-corrected chi connectivity index (χ4v) is 4.48. The molecule has 0 spiro atoms. The molecule has 5 heteroatoms. The molecule has 1 aliphatic carbocycles. The van der Waals surface area contributed by atoms with Crippen LogP contribution < -0.4 is 4.74 Å². The number of hydrogen-bond donors (Lipinski definition) is 1. The molecule has 0 unspecified atom stereocenters. The van der Waals surface area contributed by atoms with Crippen LogP contribution in [0.4, 0.5) is 0 Å². The van der Waals surface area contributed by atoms with Crippen LogP contribution in [0.2, 0.25) is 0 Å². The van der Waals surface area contributed by atoms with Crippen LogP contribution in [0, 0.1) is 0 Å². The number of ether oxygens (including phenoxy) is 1. The molecule has 0 aliphatic heterocycles. The predicted molar refractivity (Wildman–Crippen MR) is 129 cm³/mol. The van der Waals surface area contributed by atoms with E-state index in [9.17, 15) is 9.90 Å². The zero-order valence-corrected chi connectivity index (χ0v) is 19.2. The summed E-state index contributed by atoms with van der Waals surface area (Å²) in [6, 6.07) is 24.0. The van der Waals surface area contributed by atoms with Crippen LogP contribution >= 0.6 is 0 Å². The van der Waals surface area contributed by atoms with Gasteiger partial charge in [0.05, 0.1) is 11.9 Å². The van der Waals surface area contributed by atoms with Gasteiger partial charge in [-0.2, -0.15) is 0 Å². The highest BCUT2D eigenvalue weighted by Gasteiger charge is 2.37. The molecule has 0 atom stereocenters. The molecule has 1 heterocycles. The Balaban J connectivity index is 1.27. The Morgan fingerprint density at radius 1 is 1.00 bits per heavy atom. The van der Waals surface area contributed by atoms with Gasteiger partial charge in [-0.05, 0) is 55.4 Å². The number of benzene rings is 2. The third-order valence-corrected chi connectivity index (χ3v) is 6.66. The lowest BCUT2D eigenvalue weighted by molar-refractivity contribution is -0.134. The van der Waals surface area contributed by atoms with Crippen molar-refractivity contribution in [3.63, 3.8) is 0 Å². The van der Waals surface area contributed by atoms with E-state index in [2.05, 4.69) is 17.1 Å². The number of aryl methyl sites for hydroxylation is 1. The van der Waals surface area contributed by atoms with Gasteiger partial charge in [0.2, 0.25) is 5.91 Å². The molecule has 1 aromatic heterocycles. The topological polar surface area (TPSA) is 62.7 Å². The standard InChI is InChI=1S/C28H32N2O3/c1-30(27(31)15-12-22-8-4-2-5-9-22)24-16-18-28(32,19-17-24)26-14-13-25(20-29-26)33-21-23-10-6-3-7-11-23/h2-11,13-14,20,24,32H,12,15-19,21H2,1H3/t24-,28-. The zero-order valence-electron chi connectivity index (χ0n) is 19.2. The fraction of sp³-hybridized carbons (Fsp3) is 0.357. The first-order chi connectivity index (χ1) is 16.0. The molecular formula is C28H32N2O3. The molecule has 0 saturated heterocycles. The van der Waals surface area contributed by atoms with E-state index in [4.69, 9.17) is 4.74 Å². The SMILES string of the molecule is CN(C(=O)CCc1ccccc1)[C@H]1CC[C@@](O)(c2ccc(OCc3ccccc3)cn2)CC1. The summed E-state index contributed by atoms with van der Waals surface area (Å²) in [7, 11) is 1.89. The number of carbonyl (C=O) groups excluding carboxylic acids is 1. The van der Waals surface area contributed by atoms with Crippen LogP contribution in [-0.2, 0) is 23.4 Å². The van der Waals surface area contributed by atoms with Crippen LogP contribution in [0.5, 0.6) is 5.75 Å². The van der Waals surface area contributed by atoms with Gasteiger partial charge in [0.25, 0.3) is 0 Å². The molecule has 172 valence electrons. The highest BCUT2D eigenvalue weighted by Crippen LogP contribution is 2.38. The minimum atomic E-state index is -0.956. The first-order valence-electron chi connectivity index (χ1n) is 11.7. The molecule has 1 fully saturated rings. The van der Waals surface area contributed by atoms with Gasteiger partial charge in [-0.15, -0.1) is 0 Å². The van der Waals surface area contributed by atoms with E-state index in [-0.39, 0.29) is 11.9 Å². The predicted octanol–water partition coefficient (Wildman–Crippen LogP) is 4.88. The molecule has 2 aromatic carbocycles. The average molecular weight is 445 g/mol. The summed E-state index contributed by atoms with van der Waals surface area (Å²) in [5, 5.41) is 11.2. The van der Waals surface area contributed by atoms with Crippen molar-refractivity contribution in [1.82, 2.24) is 9.88 Å². The van der Waals surface area contributed by atoms with Crippen molar-refractivity contribution in [2.75, 3.05) is 7.05 Å². The second-order valence-electron chi connectivity index (χ2n) is 8.91. The van der Waals surface area contributed by atoms with E-state index in [0.717, 1.165) is 24.8 Å². The molecule has 5 nitrogen and oxygen atoms in total. The van der Waals surface area contributed by atoms with Crippen molar-refractivity contribution in [3.05, 3.63) is 95.8 Å². The Labute approximate surface area is 196 Å². The molecule has 1 aliphatic rings. The number of aliphatic hydroxyl groups is 1. The van der Waals surface area contributed by atoms with E-state index in [1.54, 1.807) is 6.20 Å². The average Bonchev–Trinajstić information content (AvgIpc) is 2.87. The van der Waals surface area contributed by atoms with Gasteiger partial charge >= 0.3 is 0 Å². The summed E-state index contributed by atoms with van der Waals surface area (Å²) in [4.78, 5) is 19.1. The highest BCUT2D eigenvalue weighted by atomic mass is 16.5. The van der Waals surface area contributed by atoms with E-state index < -0.39 is 5.60 Å². The van der Waals surface area contributed by atoms with Crippen molar-refractivity contribution < 1.29 is 14.6 Å². The summed E-state index contributed by atoms with van der Waals surface area (Å²) in [6.45, 7) is 0.485. The zero-order chi connectivity index (χ0) is 23.1. The van der Waals surface area contributed by atoms with E-state index in [1.165, 1.54) is 5.56 Å². The Morgan fingerprint density at radius 2 is 1.64 bits per heavy atom. The molecule has 33 heavy (non-hydrogen) atoms. The van der Waals surface area contributed by atoms with E-state index in [1.807, 2.05) is 72.6 Å². The van der Waals surface area contributed by atoms with Gasteiger partial charge in [0.1, 0.15) is 18.0 Å². The van der Waals surface area contributed by atoms with Crippen LogP contribution in [-0.4, -0.2) is 34.0 Å². The summed E-state index contributed by atoms with van der Waals surface area (Å²) >= 11 is 0.